The minimum atomic E-state index is -0.644. The first kappa shape index (κ1) is 12.6. The lowest BCUT2D eigenvalue weighted by atomic mass is 9.86. The van der Waals surface area contributed by atoms with Gasteiger partial charge in [-0.05, 0) is 32.6 Å². The fourth-order valence-electron chi connectivity index (χ4n) is 1.31. The summed E-state index contributed by atoms with van der Waals surface area (Å²) in [6, 6.07) is 0. The van der Waals surface area contributed by atoms with E-state index in [-0.39, 0.29) is 5.92 Å². The number of aliphatic hydroxyl groups is 1. The molecule has 2 atom stereocenters. The Bertz CT molecular complexity index is 147. The minimum Gasteiger partial charge on any atom is -0.390 e. The molecule has 78 valence electrons. The van der Waals surface area contributed by atoms with Crippen LogP contribution >= 0.6 is 0 Å². The van der Waals surface area contributed by atoms with Gasteiger partial charge in [0.15, 0.2) is 0 Å². The topological polar surface area (TPSA) is 37.3 Å². The molecule has 13 heavy (non-hydrogen) atoms. The van der Waals surface area contributed by atoms with E-state index in [1.165, 1.54) is 0 Å². The van der Waals surface area contributed by atoms with E-state index in [1.54, 1.807) is 13.8 Å². The molecule has 0 radical (unpaired) electrons. The third-order valence-corrected chi connectivity index (χ3v) is 2.64. The van der Waals surface area contributed by atoms with E-state index in [0.717, 1.165) is 19.1 Å². The van der Waals surface area contributed by atoms with Crippen molar-refractivity contribution in [1.82, 2.24) is 0 Å². The lowest BCUT2D eigenvalue weighted by Crippen LogP contribution is -2.22. The molecule has 0 saturated carbocycles. The average Bonchev–Trinajstić information content (AvgIpc) is 2.03. The number of carbonyl (C=O) groups is 1. The Balaban J connectivity index is 3.92. The normalized spacial score (nSPS) is 16.7. The highest BCUT2D eigenvalue weighted by atomic mass is 16.3. The highest BCUT2D eigenvalue weighted by Crippen LogP contribution is 2.22. The number of hydrogen-bond acceptors (Lipinski definition) is 2. The molecule has 0 aliphatic carbocycles. The smallest absolute Gasteiger partial charge is 0.123 e. The SMILES string of the molecule is CCC(C)C(C=O)CCC(C)(C)O. The second kappa shape index (κ2) is 5.38. The van der Waals surface area contributed by atoms with Crippen LogP contribution in [-0.2, 0) is 4.79 Å². The molecule has 0 saturated heterocycles. The van der Waals surface area contributed by atoms with Crippen molar-refractivity contribution in [3.05, 3.63) is 0 Å². The Kier molecular flexibility index (Phi) is 5.23. The van der Waals surface area contributed by atoms with Crippen molar-refractivity contribution >= 4 is 6.29 Å². The Hall–Kier alpha value is -0.370. The Morgan fingerprint density at radius 1 is 1.46 bits per heavy atom. The molecule has 0 amide bonds. The van der Waals surface area contributed by atoms with Crippen molar-refractivity contribution in [2.24, 2.45) is 11.8 Å². The first-order valence-corrected chi connectivity index (χ1v) is 5.08. The zero-order valence-electron chi connectivity index (χ0n) is 9.21. The highest BCUT2D eigenvalue weighted by Gasteiger charge is 2.19. The molecule has 0 heterocycles. The zero-order valence-corrected chi connectivity index (χ0v) is 9.21. The molecule has 0 aromatic heterocycles. The standard InChI is InChI=1S/C11H22O2/c1-5-9(2)10(8-12)6-7-11(3,4)13/h8-10,13H,5-7H2,1-4H3. The molecule has 0 rings (SSSR count). The largest absolute Gasteiger partial charge is 0.390 e. The van der Waals surface area contributed by atoms with E-state index in [4.69, 9.17) is 0 Å². The molecule has 0 aliphatic rings. The molecule has 0 aliphatic heterocycles. The van der Waals surface area contributed by atoms with Gasteiger partial charge in [-0.2, -0.15) is 0 Å². The monoisotopic (exact) mass is 186 g/mol. The summed E-state index contributed by atoms with van der Waals surface area (Å²) < 4.78 is 0. The van der Waals surface area contributed by atoms with Gasteiger partial charge in [0.1, 0.15) is 6.29 Å². The summed E-state index contributed by atoms with van der Waals surface area (Å²) in [6.45, 7) is 7.74. The van der Waals surface area contributed by atoms with Gasteiger partial charge in [-0.1, -0.05) is 20.3 Å². The summed E-state index contributed by atoms with van der Waals surface area (Å²) in [6.07, 6.45) is 3.54. The second-order valence-electron chi connectivity index (χ2n) is 4.54. The van der Waals surface area contributed by atoms with Crippen molar-refractivity contribution in [3.63, 3.8) is 0 Å². The van der Waals surface area contributed by atoms with Crippen LogP contribution < -0.4 is 0 Å². The molecule has 0 spiro atoms. The maximum absolute atomic E-state index is 10.7. The quantitative estimate of drug-likeness (QED) is 0.647. The molecular weight excluding hydrogens is 164 g/mol. The summed E-state index contributed by atoms with van der Waals surface area (Å²) in [5.74, 6) is 0.538. The summed E-state index contributed by atoms with van der Waals surface area (Å²) in [5, 5.41) is 9.50. The predicted molar refractivity (Wildman–Crippen MR) is 54.5 cm³/mol. The van der Waals surface area contributed by atoms with Crippen molar-refractivity contribution in [3.8, 4) is 0 Å². The summed E-state index contributed by atoms with van der Waals surface area (Å²) in [4.78, 5) is 10.7. The third kappa shape index (κ3) is 5.81. The van der Waals surface area contributed by atoms with Crippen LogP contribution in [0.3, 0.4) is 0 Å². The average molecular weight is 186 g/mol. The van der Waals surface area contributed by atoms with Crippen LogP contribution in [0.5, 0.6) is 0 Å². The van der Waals surface area contributed by atoms with E-state index in [1.807, 2.05) is 0 Å². The maximum Gasteiger partial charge on any atom is 0.123 e. The van der Waals surface area contributed by atoms with Gasteiger partial charge in [-0.3, -0.25) is 0 Å². The van der Waals surface area contributed by atoms with Gasteiger partial charge in [-0.25, -0.2) is 0 Å². The number of hydrogen-bond donors (Lipinski definition) is 1. The molecule has 0 aromatic rings. The van der Waals surface area contributed by atoms with E-state index in [9.17, 15) is 9.90 Å². The summed E-state index contributed by atoms with van der Waals surface area (Å²) >= 11 is 0. The first-order chi connectivity index (χ1) is 5.90. The van der Waals surface area contributed by atoms with Crippen LogP contribution in [0.4, 0.5) is 0 Å². The van der Waals surface area contributed by atoms with Crippen molar-refractivity contribution < 1.29 is 9.90 Å². The highest BCUT2D eigenvalue weighted by molar-refractivity contribution is 5.53. The van der Waals surface area contributed by atoms with E-state index in [2.05, 4.69) is 13.8 Å². The number of aldehydes is 1. The molecule has 0 bridgehead atoms. The fraction of sp³-hybridized carbons (Fsp3) is 0.909. The van der Waals surface area contributed by atoms with Crippen LogP contribution in [0.2, 0.25) is 0 Å². The van der Waals surface area contributed by atoms with Gasteiger partial charge in [-0.15, -0.1) is 0 Å². The van der Waals surface area contributed by atoms with E-state index < -0.39 is 5.60 Å². The van der Waals surface area contributed by atoms with E-state index in [0.29, 0.717) is 12.3 Å². The van der Waals surface area contributed by atoms with E-state index >= 15 is 0 Å². The number of carbonyl (C=O) groups excluding carboxylic acids is 1. The van der Waals surface area contributed by atoms with Crippen LogP contribution in [-0.4, -0.2) is 17.0 Å². The molecule has 0 fully saturated rings. The van der Waals surface area contributed by atoms with Gasteiger partial charge < -0.3 is 9.90 Å². The van der Waals surface area contributed by atoms with Crippen molar-refractivity contribution in [1.29, 1.82) is 0 Å². The molecule has 2 unspecified atom stereocenters. The van der Waals surface area contributed by atoms with Crippen molar-refractivity contribution in [2.75, 3.05) is 0 Å². The third-order valence-electron chi connectivity index (χ3n) is 2.64. The second-order valence-corrected chi connectivity index (χ2v) is 4.54. The Morgan fingerprint density at radius 2 is 2.00 bits per heavy atom. The lowest BCUT2D eigenvalue weighted by Gasteiger charge is -2.22. The number of rotatable bonds is 6. The maximum atomic E-state index is 10.7. The van der Waals surface area contributed by atoms with Gasteiger partial charge in [0.25, 0.3) is 0 Å². The van der Waals surface area contributed by atoms with Crippen LogP contribution in [0.25, 0.3) is 0 Å². The molecule has 2 heteroatoms. The van der Waals surface area contributed by atoms with Crippen molar-refractivity contribution in [2.45, 2.75) is 52.6 Å². The van der Waals surface area contributed by atoms with Crippen LogP contribution in [0.1, 0.15) is 47.0 Å². The summed E-state index contributed by atoms with van der Waals surface area (Å²) in [7, 11) is 0. The minimum absolute atomic E-state index is 0.108. The lowest BCUT2D eigenvalue weighted by molar-refractivity contribution is -0.113. The fourth-order valence-corrected chi connectivity index (χ4v) is 1.31. The Morgan fingerprint density at radius 3 is 2.31 bits per heavy atom. The molecule has 2 nitrogen and oxygen atoms in total. The van der Waals surface area contributed by atoms with Crippen LogP contribution in [0, 0.1) is 11.8 Å². The molecular formula is C11H22O2. The zero-order chi connectivity index (χ0) is 10.5. The summed E-state index contributed by atoms with van der Waals surface area (Å²) in [5.41, 5.74) is -0.644. The van der Waals surface area contributed by atoms with Crippen LogP contribution in [0.15, 0.2) is 0 Å². The Labute approximate surface area is 81.3 Å². The molecule has 0 aromatic carbocycles. The first-order valence-electron chi connectivity index (χ1n) is 5.08. The van der Waals surface area contributed by atoms with Gasteiger partial charge >= 0.3 is 0 Å². The van der Waals surface area contributed by atoms with Gasteiger partial charge in [0.2, 0.25) is 0 Å². The van der Waals surface area contributed by atoms with Gasteiger partial charge in [0, 0.05) is 5.92 Å². The predicted octanol–water partition coefficient (Wildman–Crippen LogP) is 2.40. The van der Waals surface area contributed by atoms with Gasteiger partial charge in [0.05, 0.1) is 5.60 Å². The molecule has 1 N–H and O–H groups in total.